The zero-order valence-corrected chi connectivity index (χ0v) is 16.2. The van der Waals surface area contributed by atoms with E-state index in [1.807, 2.05) is 60.7 Å². The van der Waals surface area contributed by atoms with Gasteiger partial charge in [0.15, 0.2) is 5.17 Å². The Bertz CT molecular complexity index is 1080. The largest absolute Gasteiger partial charge is 0.506 e. The number of amides is 1. The lowest BCUT2D eigenvalue weighted by Gasteiger charge is -2.15. The number of carbonyl (C=O) groups excluding carboxylic acids is 1. The van der Waals surface area contributed by atoms with Crippen LogP contribution >= 0.6 is 23.4 Å². The molecular weight excluding hydrogens is 392 g/mol. The van der Waals surface area contributed by atoms with Crippen LogP contribution in [0.15, 0.2) is 88.8 Å². The van der Waals surface area contributed by atoms with E-state index >= 15 is 0 Å². The Morgan fingerprint density at radius 3 is 2.32 bits per heavy atom. The number of rotatable bonds is 3. The van der Waals surface area contributed by atoms with Crippen LogP contribution in [0.3, 0.4) is 0 Å². The number of hydrogen-bond acceptors (Lipinski definition) is 4. The first-order valence-corrected chi connectivity index (χ1v) is 9.72. The van der Waals surface area contributed by atoms with Gasteiger partial charge < -0.3 is 5.11 Å². The summed E-state index contributed by atoms with van der Waals surface area (Å²) in [6, 6.07) is 23.8. The summed E-state index contributed by atoms with van der Waals surface area (Å²) in [7, 11) is 0. The van der Waals surface area contributed by atoms with Gasteiger partial charge in [-0.2, -0.15) is 0 Å². The summed E-state index contributed by atoms with van der Waals surface area (Å²) in [5.74, 6) is -0.151. The molecule has 0 aliphatic carbocycles. The maximum Gasteiger partial charge on any atom is 0.271 e. The van der Waals surface area contributed by atoms with Crippen LogP contribution in [-0.2, 0) is 4.79 Å². The Hall–Kier alpha value is -3.02. The number of aromatic hydroxyl groups is 1. The Labute approximate surface area is 171 Å². The maximum absolute atomic E-state index is 13.1. The topological polar surface area (TPSA) is 52.9 Å². The molecule has 3 aromatic rings. The fourth-order valence-corrected chi connectivity index (χ4v) is 3.92. The molecule has 0 unspecified atom stereocenters. The molecule has 3 aromatic carbocycles. The quantitative estimate of drug-likeness (QED) is 0.554. The van der Waals surface area contributed by atoms with Gasteiger partial charge in [0.2, 0.25) is 0 Å². The Morgan fingerprint density at radius 1 is 0.964 bits per heavy atom. The van der Waals surface area contributed by atoms with Crippen LogP contribution in [0.5, 0.6) is 5.75 Å². The summed E-state index contributed by atoms with van der Waals surface area (Å²) < 4.78 is 0. The van der Waals surface area contributed by atoms with E-state index in [2.05, 4.69) is 4.99 Å². The van der Waals surface area contributed by atoms with Gasteiger partial charge in [0.1, 0.15) is 5.75 Å². The van der Waals surface area contributed by atoms with Crippen LogP contribution in [0.1, 0.15) is 5.56 Å². The van der Waals surface area contributed by atoms with E-state index in [1.54, 1.807) is 23.1 Å². The molecule has 0 saturated carbocycles. The van der Waals surface area contributed by atoms with Crippen molar-refractivity contribution >= 4 is 51.9 Å². The minimum atomic E-state index is -0.157. The molecular formula is C22H15ClN2O2S. The lowest BCUT2D eigenvalue weighted by atomic mass is 10.2. The van der Waals surface area contributed by atoms with E-state index in [4.69, 9.17) is 11.6 Å². The van der Waals surface area contributed by atoms with E-state index in [1.165, 1.54) is 17.8 Å². The molecule has 1 aliphatic rings. The van der Waals surface area contributed by atoms with Crippen LogP contribution in [-0.4, -0.2) is 16.2 Å². The van der Waals surface area contributed by atoms with Crippen LogP contribution in [0.4, 0.5) is 11.4 Å². The SMILES string of the molecule is O=C1C(=Cc2ccc(O)c(Cl)c2)SC(=Nc2ccccc2)N1c1ccccc1. The molecule has 4 nitrogen and oxygen atoms in total. The van der Waals surface area contributed by atoms with Crippen molar-refractivity contribution in [1.29, 1.82) is 0 Å². The summed E-state index contributed by atoms with van der Waals surface area (Å²) in [4.78, 5) is 19.9. The zero-order chi connectivity index (χ0) is 19.5. The molecule has 138 valence electrons. The van der Waals surface area contributed by atoms with E-state index < -0.39 is 0 Å². The highest BCUT2D eigenvalue weighted by Crippen LogP contribution is 2.37. The third-order valence-electron chi connectivity index (χ3n) is 4.07. The standard InChI is InChI=1S/C22H15ClN2O2S/c23-18-13-15(11-12-19(18)26)14-20-21(27)25(17-9-5-2-6-10-17)22(28-20)24-16-7-3-1-4-8-16/h1-14,26H. The van der Waals surface area contributed by atoms with Crippen molar-refractivity contribution in [1.82, 2.24) is 0 Å². The monoisotopic (exact) mass is 406 g/mol. The molecule has 0 radical (unpaired) electrons. The molecule has 1 N–H and O–H groups in total. The van der Waals surface area contributed by atoms with Crippen LogP contribution in [0, 0.1) is 0 Å². The summed E-state index contributed by atoms with van der Waals surface area (Å²) >= 11 is 7.29. The number of amidine groups is 1. The van der Waals surface area contributed by atoms with Gasteiger partial charge in [-0.25, -0.2) is 4.99 Å². The number of halogens is 1. The number of phenols is 1. The Kier molecular flexibility index (Phi) is 5.19. The van der Waals surface area contributed by atoms with Gasteiger partial charge in [-0.1, -0.05) is 54.1 Å². The van der Waals surface area contributed by atoms with E-state index in [0.717, 1.165) is 16.9 Å². The predicted molar refractivity (Wildman–Crippen MR) is 116 cm³/mol. The number of thioether (sulfide) groups is 1. The minimum absolute atomic E-state index is 0.00598. The number of anilines is 1. The van der Waals surface area contributed by atoms with Gasteiger partial charge in [-0.3, -0.25) is 9.69 Å². The third-order valence-corrected chi connectivity index (χ3v) is 5.34. The number of phenolic OH excluding ortho intramolecular Hbond substituents is 1. The van der Waals surface area contributed by atoms with Crippen molar-refractivity contribution in [3.8, 4) is 5.75 Å². The molecule has 0 spiro atoms. The number of carbonyl (C=O) groups is 1. The van der Waals surface area contributed by atoms with E-state index in [9.17, 15) is 9.90 Å². The summed E-state index contributed by atoms with van der Waals surface area (Å²) in [6.07, 6.45) is 1.75. The van der Waals surface area contributed by atoms with E-state index in [-0.39, 0.29) is 16.7 Å². The van der Waals surface area contributed by atoms with Crippen molar-refractivity contribution in [2.24, 2.45) is 4.99 Å². The van der Waals surface area contributed by atoms with Crippen LogP contribution in [0.2, 0.25) is 5.02 Å². The average molecular weight is 407 g/mol. The van der Waals surface area contributed by atoms with Gasteiger partial charge in [0, 0.05) is 0 Å². The summed E-state index contributed by atoms with van der Waals surface area (Å²) in [6.45, 7) is 0. The molecule has 1 saturated heterocycles. The van der Waals surface area contributed by atoms with Gasteiger partial charge in [0.25, 0.3) is 5.91 Å². The van der Waals surface area contributed by atoms with Crippen molar-refractivity contribution < 1.29 is 9.90 Å². The highest BCUT2D eigenvalue weighted by molar-refractivity contribution is 8.19. The normalized spacial score (nSPS) is 16.9. The zero-order valence-electron chi connectivity index (χ0n) is 14.6. The first-order chi connectivity index (χ1) is 13.6. The molecule has 1 heterocycles. The second-order valence-corrected chi connectivity index (χ2v) is 7.44. The molecule has 28 heavy (non-hydrogen) atoms. The average Bonchev–Trinajstić information content (AvgIpc) is 3.01. The fraction of sp³-hybridized carbons (Fsp3) is 0. The van der Waals surface area contributed by atoms with Gasteiger partial charge in [0.05, 0.1) is 21.3 Å². The summed E-state index contributed by atoms with van der Waals surface area (Å²) in [5.41, 5.74) is 2.25. The third kappa shape index (κ3) is 3.81. The first-order valence-electron chi connectivity index (χ1n) is 8.53. The predicted octanol–water partition coefficient (Wildman–Crippen LogP) is 5.85. The molecule has 0 atom stereocenters. The van der Waals surface area contributed by atoms with Crippen LogP contribution in [0.25, 0.3) is 6.08 Å². The van der Waals surface area contributed by atoms with Gasteiger partial charge >= 0.3 is 0 Å². The van der Waals surface area contributed by atoms with E-state index in [0.29, 0.717) is 10.1 Å². The van der Waals surface area contributed by atoms with Crippen molar-refractivity contribution in [3.05, 3.63) is 94.4 Å². The van der Waals surface area contributed by atoms with Crippen LogP contribution < -0.4 is 4.90 Å². The first kappa shape index (κ1) is 18.3. The molecule has 0 aromatic heterocycles. The molecule has 4 rings (SSSR count). The number of aliphatic imine (C=N–C) groups is 1. The second kappa shape index (κ2) is 7.92. The number of para-hydroxylation sites is 2. The van der Waals surface area contributed by atoms with Crippen molar-refractivity contribution in [3.63, 3.8) is 0 Å². The van der Waals surface area contributed by atoms with Crippen molar-refractivity contribution in [2.75, 3.05) is 4.90 Å². The maximum atomic E-state index is 13.1. The fourth-order valence-electron chi connectivity index (χ4n) is 2.73. The van der Waals surface area contributed by atoms with Gasteiger partial charge in [-0.15, -0.1) is 0 Å². The molecule has 0 bridgehead atoms. The summed E-state index contributed by atoms with van der Waals surface area (Å²) in [5, 5.41) is 10.4. The highest BCUT2D eigenvalue weighted by Gasteiger charge is 2.34. The number of benzene rings is 3. The minimum Gasteiger partial charge on any atom is -0.506 e. The van der Waals surface area contributed by atoms with Gasteiger partial charge in [-0.05, 0) is 59.8 Å². The highest BCUT2D eigenvalue weighted by atomic mass is 35.5. The molecule has 1 amide bonds. The molecule has 1 fully saturated rings. The lowest BCUT2D eigenvalue weighted by Crippen LogP contribution is -2.28. The Balaban J connectivity index is 1.76. The second-order valence-electron chi connectivity index (χ2n) is 6.03. The molecule has 6 heteroatoms. The van der Waals surface area contributed by atoms with Crippen molar-refractivity contribution in [2.45, 2.75) is 0 Å². The molecule has 1 aliphatic heterocycles. The smallest absolute Gasteiger partial charge is 0.271 e. The Morgan fingerprint density at radius 2 is 1.64 bits per heavy atom. The number of nitrogens with zero attached hydrogens (tertiary/aromatic N) is 2. The lowest BCUT2D eigenvalue weighted by molar-refractivity contribution is -0.113. The number of hydrogen-bond donors (Lipinski definition) is 1.